The third-order valence-electron chi connectivity index (χ3n) is 1.89. The minimum atomic E-state index is -0.253. The van der Waals surface area contributed by atoms with Crippen LogP contribution in [0.4, 0.5) is 0 Å². The van der Waals surface area contributed by atoms with E-state index in [4.69, 9.17) is 4.74 Å². The zero-order valence-corrected chi connectivity index (χ0v) is 9.73. The summed E-state index contributed by atoms with van der Waals surface area (Å²) in [5, 5.41) is 5.92. The number of carbonyl (C=O) groups excluding carboxylic acids is 2. The molecular formula is C9H16N2O3S. The third kappa shape index (κ3) is 4.53. The van der Waals surface area contributed by atoms with E-state index in [-0.39, 0.29) is 29.2 Å². The number of rotatable bonds is 4. The molecule has 1 fully saturated rings. The molecule has 1 aliphatic heterocycles. The lowest BCUT2D eigenvalue weighted by molar-refractivity contribution is -0.139. The van der Waals surface area contributed by atoms with Crippen LogP contribution in [0.25, 0.3) is 0 Å². The molecule has 0 aromatic rings. The highest BCUT2D eigenvalue weighted by Crippen LogP contribution is 2.11. The van der Waals surface area contributed by atoms with Crippen molar-refractivity contribution in [2.45, 2.75) is 31.8 Å². The fraction of sp³-hybridized carbons (Fsp3) is 0.778. The highest BCUT2D eigenvalue weighted by Gasteiger charge is 2.23. The summed E-state index contributed by atoms with van der Waals surface area (Å²) < 4.78 is 4.79. The van der Waals surface area contributed by atoms with E-state index in [1.54, 1.807) is 6.92 Å². The molecule has 2 atom stereocenters. The Labute approximate surface area is 93.3 Å². The summed E-state index contributed by atoms with van der Waals surface area (Å²) in [5.74, 6) is 0.0118. The van der Waals surface area contributed by atoms with Gasteiger partial charge in [-0.05, 0) is 13.8 Å². The van der Waals surface area contributed by atoms with E-state index in [1.807, 2.05) is 6.92 Å². The molecule has 2 N–H and O–H groups in total. The fourth-order valence-electron chi connectivity index (χ4n) is 1.29. The Morgan fingerprint density at radius 1 is 1.67 bits per heavy atom. The maximum atomic E-state index is 11.2. The van der Waals surface area contributed by atoms with E-state index in [1.165, 1.54) is 11.8 Å². The van der Waals surface area contributed by atoms with E-state index in [9.17, 15) is 9.59 Å². The SMILES string of the molecule is CCOC(=O)CSC1NC(=O)CC(C)N1. The largest absolute Gasteiger partial charge is 0.465 e. The van der Waals surface area contributed by atoms with Crippen LogP contribution < -0.4 is 10.6 Å². The van der Waals surface area contributed by atoms with Gasteiger partial charge in [-0.25, -0.2) is 0 Å². The van der Waals surface area contributed by atoms with Crippen LogP contribution in [0.15, 0.2) is 0 Å². The first-order chi connectivity index (χ1) is 7.11. The second-order valence-electron chi connectivity index (χ2n) is 3.34. The molecule has 0 aliphatic carbocycles. The van der Waals surface area contributed by atoms with Gasteiger partial charge in [0.1, 0.15) is 5.50 Å². The zero-order chi connectivity index (χ0) is 11.3. The van der Waals surface area contributed by atoms with Crippen LogP contribution in [0.2, 0.25) is 0 Å². The predicted octanol–water partition coefficient (Wildman–Crippen LogP) is 0.0643. The first-order valence-corrected chi connectivity index (χ1v) is 5.99. The summed E-state index contributed by atoms with van der Waals surface area (Å²) in [6, 6.07) is 0.151. The molecule has 0 spiro atoms. The number of hydrogen-bond donors (Lipinski definition) is 2. The molecule has 0 radical (unpaired) electrons. The minimum Gasteiger partial charge on any atom is -0.465 e. The zero-order valence-electron chi connectivity index (χ0n) is 8.91. The predicted molar refractivity (Wildman–Crippen MR) is 58.2 cm³/mol. The molecule has 1 heterocycles. The molecule has 86 valence electrons. The number of hydrogen-bond acceptors (Lipinski definition) is 5. The first-order valence-electron chi connectivity index (χ1n) is 4.94. The van der Waals surface area contributed by atoms with E-state index in [2.05, 4.69) is 10.6 Å². The Morgan fingerprint density at radius 2 is 2.40 bits per heavy atom. The number of esters is 1. The van der Waals surface area contributed by atoms with Crippen molar-refractivity contribution in [1.82, 2.24) is 10.6 Å². The lowest BCUT2D eigenvalue weighted by atomic mass is 10.2. The normalized spacial score (nSPS) is 25.9. The van der Waals surface area contributed by atoms with Gasteiger partial charge in [0.2, 0.25) is 5.91 Å². The van der Waals surface area contributed by atoms with E-state index in [0.29, 0.717) is 13.0 Å². The number of amides is 1. The van der Waals surface area contributed by atoms with Crippen molar-refractivity contribution in [2.75, 3.05) is 12.4 Å². The molecule has 1 saturated heterocycles. The van der Waals surface area contributed by atoms with Crippen molar-refractivity contribution >= 4 is 23.6 Å². The van der Waals surface area contributed by atoms with Crippen molar-refractivity contribution < 1.29 is 14.3 Å². The van der Waals surface area contributed by atoms with Gasteiger partial charge in [-0.2, -0.15) is 0 Å². The average Bonchev–Trinajstić information content (AvgIpc) is 2.14. The maximum absolute atomic E-state index is 11.2. The molecule has 0 saturated carbocycles. The summed E-state index contributed by atoms with van der Waals surface area (Å²) in [4.78, 5) is 22.2. The van der Waals surface area contributed by atoms with Crippen LogP contribution in [0.3, 0.4) is 0 Å². The van der Waals surface area contributed by atoms with Crippen LogP contribution in [0.5, 0.6) is 0 Å². The summed E-state index contributed by atoms with van der Waals surface area (Å²) in [7, 11) is 0. The lowest BCUT2D eigenvalue weighted by Gasteiger charge is -2.28. The Balaban J connectivity index is 2.26. The van der Waals surface area contributed by atoms with Gasteiger partial charge >= 0.3 is 5.97 Å². The van der Waals surface area contributed by atoms with Gasteiger partial charge in [0.25, 0.3) is 0 Å². The topological polar surface area (TPSA) is 67.4 Å². The van der Waals surface area contributed by atoms with E-state index < -0.39 is 0 Å². The number of nitrogens with one attached hydrogen (secondary N) is 2. The maximum Gasteiger partial charge on any atom is 0.316 e. The monoisotopic (exact) mass is 232 g/mol. The minimum absolute atomic E-state index is 0.0163. The number of carbonyl (C=O) groups is 2. The Bertz CT molecular complexity index is 248. The van der Waals surface area contributed by atoms with Gasteiger partial charge in [-0.1, -0.05) is 0 Å². The summed E-state index contributed by atoms with van der Waals surface area (Å²) in [5.41, 5.74) is -0.189. The highest BCUT2D eigenvalue weighted by molar-refractivity contribution is 8.00. The van der Waals surface area contributed by atoms with E-state index in [0.717, 1.165) is 0 Å². The Morgan fingerprint density at radius 3 is 3.00 bits per heavy atom. The van der Waals surface area contributed by atoms with Crippen LogP contribution in [0, 0.1) is 0 Å². The van der Waals surface area contributed by atoms with Gasteiger partial charge in [-0.15, -0.1) is 11.8 Å². The highest BCUT2D eigenvalue weighted by atomic mass is 32.2. The molecule has 15 heavy (non-hydrogen) atoms. The lowest BCUT2D eigenvalue weighted by Crippen LogP contribution is -2.53. The van der Waals surface area contributed by atoms with Crippen molar-refractivity contribution in [1.29, 1.82) is 0 Å². The van der Waals surface area contributed by atoms with Gasteiger partial charge in [-0.3, -0.25) is 14.9 Å². The van der Waals surface area contributed by atoms with Crippen LogP contribution >= 0.6 is 11.8 Å². The Hall–Kier alpha value is -0.750. The molecule has 0 bridgehead atoms. The molecular weight excluding hydrogens is 216 g/mol. The quantitative estimate of drug-likeness (QED) is 0.671. The fourth-order valence-corrected chi connectivity index (χ4v) is 2.22. The second-order valence-corrected chi connectivity index (χ2v) is 4.43. The smallest absolute Gasteiger partial charge is 0.316 e. The molecule has 2 unspecified atom stereocenters. The van der Waals surface area contributed by atoms with Gasteiger partial charge in [0, 0.05) is 12.5 Å². The van der Waals surface area contributed by atoms with E-state index >= 15 is 0 Å². The third-order valence-corrected chi connectivity index (χ3v) is 2.88. The molecule has 0 aromatic heterocycles. The average molecular weight is 232 g/mol. The first kappa shape index (κ1) is 12.3. The summed E-state index contributed by atoms with van der Waals surface area (Å²) >= 11 is 1.34. The van der Waals surface area contributed by atoms with Gasteiger partial charge < -0.3 is 10.1 Å². The van der Waals surface area contributed by atoms with Crippen LogP contribution in [0.1, 0.15) is 20.3 Å². The molecule has 5 nitrogen and oxygen atoms in total. The molecule has 0 aromatic carbocycles. The Kier molecular flexibility index (Phi) is 4.90. The van der Waals surface area contributed by atoms with Crippen molar-refractivity contribution in [3.05, 3.63) is 0 Å². The summed E-state index contributed by atoms with van der Waals surface area (Å²) in [6.45, 7) is 4.10. The van der Waals surface area contributed by atoms with Crippen molar-refractivity contribution in [3.8, 4) is 0 Å². The van der Waals surface area contributed by atoms with Crippen molar-refractivity contribution in [3.63, 3.8) is 0 Å². The van der Waals surface area contributed by atoms with Crippen LogP contribution in [-0.4, -0.2) is 35.8 Å². The van der Waals surface area contributed by atoms with Crippen LogP contribution in [-0.2, 0) is 14.3 Å². The molecule has 1 rings (SSSR count). The van der Waals surface area contributed by atoms with Gasteiger partial charge in [0.15, 0.2) is 0 Å². The number of ether oxygens (including phenoxy) is 1. The number of thioether (sulfide) groups is 1. The summed E-state index contributed by atoms with van der Waals surface area (Å²) in [6.07, 6.45) is 0.483. The second kappa shape index (κ2) is 5.97. The molecule has 6 heteroatoms. The standard InChI is InChI=1S/C9H16N2O3S/c1-3-14-8(13)5-15-9-10-6(2)4-7(12)11-9/h6,9-10H,3-5H2,1-2H3,(H,11,12). The molecule has 1 aliphatic rings. The van der Waals surface area contributed by atoms with Crippen molar-refractivity contribution in [2.24, 2.45) is 0 Å². The van der Waals surface area contributed by atoms with Gasteiger partial charge in [0.05, 0.1) is 12.4 Å². The molecule has 1 amide bonds.